The van der Waals surface area contributed by atoms with Gasteiger partial charge in [-0.25, -0.2) is 4.79 Å². The van der Waals surface area contributed by atoms with Crippen LogP contribution in [0.4, 0.5) is 0 Å². The van der Waals surface area contributed by atoms with Crippen LogP contribution >= 0.6 is 15.9 Å². The minimum Gasteiger partial charge on any atom is -0.456 e. The standard InChI is InChI=1S/C14H12BrNO3/c15-11-6-10-7-12(17)16(10)13(11)14(18)19-8-9-4-2-1-3-5-9/h1-5,10H,6-8H2. The Balaban J connectivity index is 1.68. The van der Waals surface area contributed by atoms with Gasteiger partial charge < -0.3 is 9.64 Å². The summed E-state index contributed by atoms with van der Waals surface area (Å²) in [6.45, 7) is 0.218. The number of amides is 1. The van der Waals surface area contributed by atoms with Crippen LogP contribution in [0.1, 0.15) is 18.4 Å². The van der Waals surface area contributed by atoms with Crippen LogP contribution in [-0.2, 0) is 20.9 Å². The number of benzene rings is 1. The van der Waals surface area contributed by atoms with Gasteiger partial charge >= 0.3 is 5.97 Å². The zero-order valence-corrected chi connectivity index (χ0v) is 11.7. The summed E-state index contributed by atoms with van der Waals surface area (Å²) >= 11 is 3.36. The molecule has 1 fully saturated rings. The number of ether oxygens (including phenoxy) is 1. The number of β-lactam (4-membered cyclic amide) rings is 1. The van der Waals surface area contributed by atoms with Crippen molar-refractivity contribution < 1.29 is 14.3 Å². The van der Waals surface area contributed by atoms with Crippen LogP contribution in [0.3, 0.4) is 0 Å². The number of nitrogens with zero attached hydrogens (tertiary/aromatic N) is 1. The molecule has 3 rings (SSSR count). The Bertz CT molecular complexity index is 567. The first-order valence-corrected chi connectivity index (χ1v) is 6.88. The van der Waals surface area contributed by atoms with Crippen LogP contribution in [0.25, 0.3) is 0 Å². The molecule has 19 heavy (non-hydrogen) atoms. The van der Waals surface area contributed by atoms with E-state index in [-0.39, 0.29) is 18.6 Å². The van der Waals surface area contributed by atoms with E-state index < -0.39 is 5.97 Å². The summed E-state index contributed by atoms with van der Waals surface area (Å²) in [4.78, 5) is 25.1. The van der Waals surface area contributed by atoms with Crippen molar-refractivity contribution in [1.29, 1.82) is 0 Å². The van der Waals surface area contributed by atoms with Gasteiger partial charge in [-0.2, -0.15) is 0 Å². The average Bonchev–Trinajstić information content (AvgIpc) is 2.68. The molecule has 4 nitrogen and oxygen atoms in total. The second-order valence-electron chi connectivity index (χ2n) is 4.64. The van der Waals surface area contributed by atoms with E-state index in [1.807, 2.05) is 30.3 Å². The van der Waals surface area contributed by atoms with Gasteiger partial charge in [0.15, 0.2) is 0 Å². The van der Waals surface area contributed by atoms with Gasteiger partial charge in [0.05, 0.1) is 6.04 Å². The first kappa shape index (κ1) is 12.4. The van der Waals surface area contributed by atoms with Crippen molar-refractivity contribution in [2.75, 3.05) is 0 Å². The second kappa shape index (κ2) is 4.81. The molecule has 1 amide bonds. The molecular formula is C14H12BrNO3. The lowest BCUT2D eigenvalue weighted by Gasteiger charge is -2.35. The summed E-state index contributed by atoms with van der Waals surface area (Å²) in [6.07, 6.45) is 1.23. The zero-order chi connectivity index (χ0) is 13.4. The lowest BCUT2D eigenvalue weighted by atomic mass is 10.0. The summed E-state index contributed by atoms with van der Waals surface area (Å²) < 4.78 is 6.03. The highest BCUT2D eigenvalue weighted by atomic mass is 79.9. The van der Waals surface area contributed by atoms with Crippen LogP contribution in [0.15, 0.2) is 40.5 Å². The van der Waals surface area contributed by atoms with Crippen LogP contribution in [0, 0.1) is 0 Å². The first-order chi connectivity index (χ1) is 9.16. The molecule has 1 aromatic carbocycles. The van der Waals surface area contributed by atoms with Crippen molar-refractivity contribution in [3.05, 3.63) is 46.1 Å². The number of hydrogen-bond acceptors (Lipinski definition) is 3. The number of fused-ring (bicyclic) bond motifs is 1. The van der Waals surface area contributed by atoms with Crippen LogP contribution in [0.2, 0.25) is 0 Å². The highest BCUT2D eigenvalue weighted by Crippen LogP contribution is 2.41. The largest absolute Gasteiger partial charge is 0.456 e. The Labute approximate surface area is 119 Å². The highest BCUT2D eigenvalue weighted by Gasteiger charge is 2.47. The fourth-order valence-electron chi connectivity index (χ4n) is 2.39. The van der Waals surface area contributed by atoms with Gasteiger partial charge in [0.2, 0.25) is 5.91 Å². The number of carbonyl (C=O) groups excluding carboxylic acids is 2. The molecule has 5 heteroatoms. The predicted octanol–water partition coefficient (Wildman–Crippen LogP) is 2.34. The molecule has 2 aliphatic heterocycles. The smallest absolute Gasteiger partial charge is 0.356 e. The maximum atomic E-state index is 12.1. The molecule has 0 N–H and O–H groups in total. The molecule has 2 aliphatic rings. The Morgan fingerprint density at radius 3 is 2.74 bits per heavy atom. The molecule has 0 bridgehead atoms. The van der Waals surface area contributed by atoms with Gasteiger partial charge in [0, 0.05) is 17.3 Å². The number of halogens is 1. The van der Waals surface area contributed by atoms with Gasteiger partial charge in [-0.1, -0.05) is 46.3 Å². The van der Waals surface area contributed by atoms with Gasteiger partial charge in [0.25, 0.3) is 0 Å². The van der Waals surface area contributed by atoms with Crippen molar-refractivity contribution >= 4 is 27.8 Å². The molecule has 98 valence electrons. The van der Waals surface area contributed by atoms with E-state index in [0.717, 1.165) is 10.0 Å². The molecule has 0 aromatic heterocycles. The number of hydrogen-bond donors (Lipinski definition) is 0. The normalized spacial score (nSPS) is 21.2. The Hall–Kier alpha value is -1.62. The minimum atomic E-state index is -0.439. The third-order valence-electron chi connectivity index (χ3n) is 3.36. The number of carbonyl (C=O) groups is 2. The predicted molar refractivity (Wildman–Crippen MR) is 72.1 cm³/mol. The second-order valence-corrected chi connectivity index (χ2v) is 5.60. The van der Waals surface area contributed by atoms with Crippen molar-refractivity contribution in [3.63, 3.8) is 0 Å². The fraction of sp³-hybridized carbons (Fsp3) is 0.286. The Kier molecular flexibility index (Phi) is 3.14. The van der Waals surface area contributed by atoms with Crippen LogP contribution in [0.5, 0.6) is 0 Å². The van der Waals surface area contributed by atoms with Crippen molar-refractivity contribution in [3.8, 4) is 0 Å². The minimum absolute atomic E-state index is 0.00823. The molecule has 1 atom stereocenters. The summed E-state index contributed by atoms with van der Waals surface area (Å²) in [5.41, 5.74) is 1.30. The summed E-state index contributed by atoms with van der Waals surface area (Å²) in [7, 11) is 0. The van der Waals surface area contributed by atoms with Crippen LogP contribution in [-0.4, -0.2) is 22.8 Å². The van der Waals surface area contributed by atoms with Crippen molar-refractivity contribution in [2.45, 2.75) is 25.5 Å². The quantitative estimate of drug-likeness (QED) is 0.634. The average molecular weight is 322 g/mol. The first-order valence-electron chi connectivity index (χ1n) is 6.08. The maximum absolute atomic E-state index is 12.1. The van der Waals surface area contributed by atoms with Crippen molar-refractivity contribution in [1.82, 2.24) is 4.90 Å². The molecule has 0 radical (unpaired) electrons. The maximum Gasteiger partial charge on any atom is 0.356 e. The van der Waals surface area contributed by atoms with E-state index in [1.165, 1.54) is 4.90 Å². The van der Waals surface area contributed by atoms with E-state index in [0.29, 0.717) is 18.5 Å². The molecule has 2 heterocycles. The molecule has 0 aliphatic carbocycles. The molecule has 0 saturated carbocycles. The van der Waals surface area contributed by atoms with E-state index in [4.69, 9.17) is 4.74 Å². The van der Waals surface area contributed by atoms with Crippen LogP contribution < -0.4 is 0 Å². The molecular weight excluding hydrogens is 310 g/mol. The van der Waals surface area contributed by atoms with Gasteiger partial charge in [-0.15, -0.1) is 0 Å². The Morgan fingerprint density at radius 1 is 1.32 bits per heavy atom. The summed E-state index contributed by atoms with van der Waals surface area (Å²) in [6, 6.07) is 9.61. The van der Waals surface area contributed by atoms with Crippen molar-refractivity contribution in [2.24, 2.45) is 0 Å². The van der Waals surface area contributed by atoms with Gasteiger partial charge in [-0.3, -0.25) is 4.79 Å². The number of esters is 1. The van der Waals surface area contributed by atoms with Gasteiger partial charge in [0.1, 0.15) is 12.3 Å². The topological polar surface area (TPSA) is 46.6 Å². The highest BCUT2D eigenvalue weighted by molar-refractivity contribution is 9.11. The molecule has 1 saturated heterocycles. The third kappa shape index (κ3) is 2.18. The molecule has 1 aromatic rings. The van der Waals surface area contributed by atoms with E-state index >= 15 is 0 Å². The monoisotopic (exact) mass is 321 g/mol. The number of rotatable bonds is 3. The molecule has 0 spiro atoms. The Morgan fingerprint density at radius 2 is 2.05 bits per heavy atom. The fourth-order valence-corrected chi connectivity index (χ4v) is 3.11. The van der Waals surface area contributed by atoms with E-state index in [1.54, 1.807) is 0 Å². The zero-order valence-electron chi connectivity index (χ0n) is 10.1. The SMILES string of the molecule is O=C(OCc1ccccc1)C1=C(Br)CC2CC(=O)N12. The lowest BCUT2D eigenvalue weighted by Crippen LogP contribution is -2.49. The summed E-state index contributed by atoms with van der Waals surface area (Å²) in [5.74, 6) is -0.447. The summed E-state index contributed by atoms with van der Waals surface area (Å²) in [5, 5.41) is 0. The third-order valence-corrected chi connectivity index (χ3v) is 4.06. The van der Waals surface area contributed by atoms with E-state index in [9.17, 15) is 9.59 Å². The molecule has 1 unspecified atom stereocenters. The van der Waals surface area contributed by atoms with E-state index in [2.05, 4.69) is 15.9 Å². The van der Waals surface area contributed by atoms with Gasteiger partial charge in [-0.05, 0) is 5.56 Å². The lowest BCUT2D eigenvalue weighted by molar-refractivity contribution is -0.150.